The van der Waals surface area contributed by atoms with Gasteiger partial charge in [0.05, 0.1) is 0 Å². The van der Waals surface area contributed by atoms with Gasteiger partial charge in [0.25, 0.3) is 0 Å². The number of alkyl carbamates (subject to hydrolysis) is 1. The van der Waals surface area contributed by atoms with E-state index in [1.165, 1.54) is 10.9 Å². The second-order valence-corrected chi connectivity index (χ2v) is 10.1. The van der Waals surface area contributed by atoms with Gasteiger partial charge in [-0.3, -0.25) is 14.4 Å². The largest absolute Gasteiger partial charge is 0.477 e. The molecule has 1 atom stereocenters. The number of aromatic nitrogens is 2. The van der Waals surface area contributed by atoms with Gasteiger partial charge in [0.2, 0.25) is 5.91 Å². The van der Waals surface area contributed by atoms with E-state index in [4.69, 9.17) is 4.74 Å². The van der Waals surface area contributed by atoms with Gasteiger partial charge in [-0.25, -0.2) is 9.59 Å². The molecule has 0 fully saturated rings. The zero-order chi connectivity index (χ0) is 28.9. The summed E-state index contributed by atoms with van der Waals surface area (Å²) in [6.07, 6.45) is 0.549. The van der Waals surface area contributed by atoms with Crippen LogP contribution in [0.1, 0.15) is 33.0 Å². The first-order valence-corrected chi connectivity index (χ1v) is 13.2. The number of anilines is 1. The van der Waals surface area contributed by atoms with E-state index in [9.17, 15) is 19.5 Å². The van der Waals surface area contributed by atoms with Crippen LogP contribution in [0.25, 0.3) is 11.1 Å². The Morgan fingerprint density at radius 2 is 1.59 bits per heavy atom. The Morgan fingerprint density at radius 1 is 0.976 bits per heavy atom. The third-order valence-electron chi connectivity index (χ3n) is 7.04. The molecule has 0 saturated carbocycles. The molecule has 3 aromatic carbocycles. The van der Waals surface area contributed by atoms with Gasteiger partial charge < -0.3 is 20.5 Å². The van der Waals surface area contributed by atoms with Crippen molar-refractivity contribution in [1.29, 1.82) is 0 Å². The Balaban J connectivity index is 1.30. The molecule has 1 aromatic heterocycles. The molecule has 0 aliphatic heterocycles. The fourth-order valence-corrected chi connectivity index (χ4v) is 5.19. The van der Waals surface area contributed by atoms with E-state index >= 15 is 0 Å². The number of carbonyl (C=O) groups excluding carboxylic acids is 2. The number of carboxylic acid groups (broad SMARTS) is 1. The average Bonchev–Trinajstić information content (AvgIpc) is 3.49. The number of rotatable bonds is 10. The zero-order valence-electron chi connectivity index (χ0n) is 22.8. The topological polar surface area (TPSA) is 126 Å². The summed E-state index contributed by atoms with van der Waals surface area (Å²) in [6.45, 7) is 0.762. The summed E-state index contributed by atoms with van der Waals surface area (Å²) in [5.41, 5.74) is 5.26. The van der Waals surface area contributed by atoms with Gasteiger partial charge in [-0.05, 0) is 34.9 Å². The maximum atomic E-state index is 13.4. The summed E-state index contributed by atoms with van der Waals surface area (Å²) >= 11 is 0. The van der Waals surface area contributed by atoms with Gasteiger partial charge in [-0.2, -0.15) is 5.10 Å². The van der Waals surface area contributed by atoms with Crippen LogP contribution < -0.4 is 10.6 Å². The summed E-state index contributed by atoms with van der Waals surface area (Å²) < 4.78 is 6.97. The van der Waals surface area contributed by atoms with Crippen molar-refractivity contribution in [2.24, 2.45) is 7.05 Å². The lowest BCUT2D eigenvalue weighted by molar-refractivity contribution is -0.118. The van der Waals surface area contributed by atoms with Crippen molar-refractivity contribution < 1.29 is 24.2 Å². The van der Waals surface area contributed by atoms with E-state index < -0.39 is 24.0 Å². The molecule has 0 radical (unpaired) electrons. The molecule has 5 rings (SSSR count). The third-order valence-corrected chi connectivity index (χ3v) is 7.04. The van der Waals surface area contributed by atoms with Gasteiger partial charge >= 0.3 is 12.1 Å². The first-order valence-electron chi connectivity index (χ1n) is 13.2. The minimum Gasteiger partial charge on any atom is -0.477 e. The van der Waals surface area contributed by atoms with Crippen molar-refractivity contribution in [2.45, 2.75) is 18.5 Å². The Hall–Kier alpha value is -4.96. The monoisotopic (exact) mass is 553 g/mol. The van der Waals surface area contributed by atoms with E-state index in [-0.39, 0.29) is 30.5 Å². The first-order chi connectivity index (χ1) is 19.8. The molecule has 10 nitrogen and oxygen atoms in total. The number of hydrogen-bond acceptors (Lipinski definition) is 6. The van der Waals surface area contributed by atoms with Crippen LogP contribution >= 0.6 is 0 Å². The van der Waals surface area contributed by atoms with Gasteiger partial charge in [0.1, 0.15) is 18.2 Å². The Kier molecular flexibility index (Phi) is 8.11. The fourth-order valence-electron chi connectivity index (χ4n) is 5.19. The summed E-state index contributed by atoms with van der Waals surface area (Å²) in [5, 5.41) is 18.8. The van der Waals surface area contributed by atoms with Crippen LogP contribution in [0.5, 0.6) is 0 Å². The van der Waals surface area contributed by atoms with Crippen LogP contribution in [0.4, 0.5) is 10.6 Å². The number of aryl methyl sites for hydroxylation is 1. The normalized spacial score (nSPS) is 12.9. The second-order valence-electron chi connectivity index (χ2n) is 10.1. The number of ether oxygens (including phenoxy) is 1. The first kappa shape index (κ1) is 27.6. The summed E-state index contributed by atoms with van der Waals surface area (Å²) in [5.74, 6) is -2.07. The third kappa shape index (κ3) is 6.28. The predicted molar refractivity (Wildman–Crippen MR) is 154 cm³/mol. The Bertz CT molecular complexity index is 1520. The minimum atomic E-state index is -1.23. The van der Waals surface area contributed by atoms with Gasteiger partial charge in [0, 0.05) is 32.3 Å². The lowest BCUT2D eigenvalue weighted by atomic mass is 9.98. The summed E-state index contributed by atoms with van der Waals surface area (Å²) in [6, 6.07) is 24.7. The van der Waals surface area contributed by atoms with Crippen LogP contribution in [-0.4, -0.2) is 64.0 Å². The SMILES string of the molecule is CN(Cc1ccccc1)CC(NC(=O)OCC1c2ccccc2-c2ccccc21)C(=O)Nc1nn(C)cc1C(=O)O. The highest BCUT2D eigenvalue weighted by Crippen LogP contribution is 2.44. The van der Waals surface area contributed by atoms with Crippen LogP contribution in [-0.2, 0) is 23.1 Å². The van der Waals surface area contributed by atoms with Crippen molar-refractivity contribution in [2.75, 3.05) is 25.5 Å². The van der Waals surface area contributed by atoms with Crippen LogP contribution in [0.3, 0.4) is 0 Å². The molecule has 0 spiro atoms. The van der Waals surface area contributed by atoms with Crippen LogP contribution in [0.2, 0.25) is 0 Å². The summed E-state index contributed by atoms with van der Waals surface area (Å²) in [7, 11) is 3.39. The second kappa shape index (κ2) is 12.1. The van der Waals surface area contributed by atoms with Crippen molar-refractivity contribution in [3.8, 4) is 11.1 Å². The minimum absolute atomic E-state index is 0.0947. The van der Waals surface area contributed by atoms with Gasteiger partial charge in [0.15, 0.2) is 5.82 Å². The van der Waals surface area contributed by atoms with Crippen molar-refractivity contribution in [3.63, 3.8) is 0 Å². The molecule has 2 amide bonds. The van der Waals surface area contributed by atoms with Crippen molar-refractivity contribution in [3.05, 3.63) is 107 Å². The highest BCUT2D eigenvalue weighted by atomic mass is 16.5. The molecule has 1 heterocycles. The standard InChI is InChI=1S/C31H31N5O5/c1-35(16-20-10-4-3-5-11-20)18-27(29(37)33-28-25(30(38)39)17-36(2)34-28)32-31(40)41-19-26-23-14-8-6-12-21(23)22-13-7-9-15-24(22)26/h3-15,17,26-27H,16,18-19H2,1-2H3,(H,32,40)(H,38,39)(H,33,34,37). The molecule has 1 unspecified atom stereocenters. The number of nitrogens with zero attached hydrogens (tertiary/aromatic N) is 3. The molecule has 4 aromatic rings. The molecule has 1 aliphatic carbocycles. The number of fused-ring (bicyclic) bond motifs is 3. The van der Waals surface area contributed by atoms with Crippen molar-refractivity contribution in [1.82, 2.24) is 20.0 Å². The quantitative estimate of drug-likeness (QED) is 0.270. The van der Waals surface area contributed by atoms with E-state index in [1.54, 1.807) is 7.05 Å². The molecule has 41 heavy (non-hydrogen) atoms. The fraction of sp³-hybridized carbons (Fsp3) is 0.226. The molecule has 0 saturated heterocycles. The van der Waals surface area contributed by atoms with E-state index in [0.29, 0.717) is 6.54 Å². The lowest BCUT2D eigenvalue weighted by Crippen LogP contribution is -2.50. The maximum absolute atomic E-state index is 13.4. The highest BCUT2D eigenvalue weighted by molar-refractivity contribution is 6.01. The molecule has 0 bridgehead atoms. The highest BCUT2D eigenvalue weighted by Gasteiger charge is 2.30. The van der Waals surface area contributed by atoms with Gasteiger partial charge in [-0.1, -0.05) is 78.9 Å². The number of carbonyl (C=O) groups is 3. The molecular formula is C31H31N5O5. The Labute approximate surface area is 237 Å². The summed E-state index contributed by atoms with van der Waals surface area (Å²) in [4.78, 5) is 39.9. The molecule has 3 N–H and O–H groups in total. The molecular weight excluding hydrogens is 522 g/mol. The average molecular weight is 554 g/mol. The van der Waals surface area contributed by atoms with E-state index in [1.807, 2.05) is 78.7 Å². The molecule has 210 valence electrons. The number of carboxylic acids is 1. The zero-order valence-corrected chi connectivity index (χ0v) is 22.8. The Morgan fingerprint density at radius 3 is 2.22 bits per heavy atom. The number of aromatic carboxylic acids is 1. The number of hydrogen-bond donors (Lipinski definition) is 3. The smallest absolute Gasteiger partial charge is 0.407 e. The predicted octanol–water partition coefficient (Wildman–Crippen LogP) is 4.10. The number of benzene rings is 3. The number of likely N-dealkylation sites (N-methyl/N-ethyl adjacent to an activating group) is 1. The molecule has 1 aliphatic rings. The number of nitrogens with one attached hydrogen (secondary N) is 2. The van der Waals surface area contributed by atoms with E-state index in [0.717, 1.165) is 27.8 Å². The lowest BCUT2D eigenvalue weighted by Gasteiger charge is -2.24. The molecule has 10 heteroatoms. The number of amides is 2. The van der Waals surface area contributed by atoms with Crippen LogP contribution in [0.15, 0.2) is 85.1 Å². The van der Waals surface area contributed by atoms with Crippen LogP contribution in [0, 0.1) is 0 Å². The maximum Gasteiger partial charge on any atom is 0.407 e. The van der Waals surface area contributed by atoms with Crippen molar-refractivity contribution >= 4 is 23.8 Å². The van der Waals surface area contributed by atoms with Gasteiger partial charge in [-0.15, -0.1) is 0 Å². The van der Waals surface area contributed by atoms with E-state index in [2.05, 4.69) is 27.9 Å².